The molecule has 0 saturated carbocycles. The van der Waals surface area contributed by atoms with E-state index in [4.69, 9.17) is 23.1 Å². The molecule has 2 saturated heterocycles. The van der Waals surface area contributed by atoms with Gasteiger partial charge in [0.2, 0.25) is 0 Å². The van der Waals surface area contributed by atoms with Crippen molar-refractivity contribution in [3.05, 3.63) is 42.5 Å². The van der Waals surface area contributed by atoms with Crippen LogP contribution in [-0.2, 0) is 38.0 Å². The van der Waals surface area contributed by atoms with Crippen LogP contribution >= 0.6 is 0 Å². The Kier molecular flexibility index (Phi) is 12.0. The molecule has 0 amide bonds. The Morgan fingerprint density at radius 3 is 2.46 bits per heavy atom. The largest absolute Gasteiger partial charge is 0.459 e. The maximum Gasteiger partial charge on any atom is 0.330 e. The smallest absolute Gasteiger partial charge is 0.330 e. The average Bonchev–Trinajstić information content (AvgIpc) is 3.66. The molecular weight excluding hydrogens is 520 g/mol. The molecule has 3 rings (SSSR count). The third-order valence-electron chi connectivity index (χ3n) is 7.20. The maximum atomic E-state index is 12.5. The van der Waals surface area contributed by atoms with E-state index in [0.717, 1.165) is 63.4 Å². The third-order valence-corrected chi connectivity index (χ3v) is 8.49. The van der Waals surface area contributed by atoms with Gasteiger partial charge in [-0.15, -0.1) is 0 Å². The van der Waals surface area contributed by atoms with Crippen LogP contribution in [0.3, 0.4) is 0 Å². The second-order valence-corrected chi connectivity index (χ2v) is 12.7. The van der Waals surface area contributed by atoms with Crippen molar-refractivity contribution in [3.8, 4) is 0 Å². The van der Waals surface area contributed by atoms with Crippen LogP contribution in [0.2, 0.25) is 0 Å². The fourth-order valence-electron chi connectivity index (χ4n) is 5.09. The van der Waals surface area contributed by atoms with Crippen LogP contribution in [0.5, 0.6) is 0 Å². The highest BCUT2D eigenvalue weighted by atomic mass is 32.2. The number of ether oxygens (including phenoxy) is 4. The highest BCUT2D eigenvalue weighted by Crippen LogP contribution is 2.38. The summed E-state index contributed by atoms with van der Waals surface area (Å²) < 4.78 is 53.9. The Bertz CT molecular complexity index is 1020. The molecule has 220 valence electrons. The molecule has 2 fully saturated rings. The van der Waals surface area contributed by atoms with Crippen LogP contribution in [0, 0.1) is 6.92 Å². The molecule has 5 atom stereocenters. The lowest BCUT2D eigenvalue weighted by molar-refractivity contribution is -0.303. The number of aryl methyl sites for hydroxylation is 1. The molecule has 0 aliphatic carbocycles. The second kappa shape index (κ2) is 14.7. The van der Waals surface area contributed by atoms with E-state index in [1.54, 1.807) is 24.3 Å². The predicted molar refractivity (Wildman–Crippen MR) is 149 cm³/mol. The van der Waals surface area contributed by atoms with Crippen LogP contribution in [0.25, 0.3) is 0 Å². The zero-order valence-electron chi connectivity index (χ0n) is 23.9. The lowest BCUT2D eigenvalue weighted by Gasteiger charge is -2.40. The van der Waals surface area contributed by atoms with Crippen molar-refractivity contribution < 1.29 is 36.3 Å². The summed E-state index contributed by atoms with van der Waals surface area (Å²) in [6.45, 7) is 11.3. The van der Waals surface area contributed by atoms with Crippen molar-refractivity contribution in [1.29, 1.82) is 0 Å². The Labute approximate surface area is 234 Å². The molecule has 0 N–H and O–H groups in total. The Morgan fingerprint density at radius 2 is 1.79 bits per heavy atom. The van der Waals surface area contributed by atoms with Crippen molar-refractivity contribution in [1.82, 2.24) is 0 Å². The summed E-state index contributed by atoms with van der Waals surface area (Å²) in [5.74, 6) is -1.10. The van der Waals surface area contributed by atoms with Crippen LogP contribution in [0.4, 0.5) is 0 Å². The van der Waals surface area contributed by atoms with E-state index in [1.807, 2.05) is 20.8 Å². The normalized spacial score (nSPS) is 25.1. The van der Waals surface area contributed by atoms with E-state index < -0.39 is 15.9 Å². The summed E-state index contributed by atoms with van der Waals surface area (Å²) in [5, 5.41) is 0. The van der Waals surface area contributed by atoms with Crippen LogP contribution in [0.1, 0.15) is 90.5 Å². The molecule has 1 aromatic carbocycles. The van der Waals surface area contributed by atoms with Crippen molar-refractivity contribution >= 4 is 16.1 Å². The van der Waals surface area contributed by atoms with Gasteiger partial charge in [-0.3, -0.25) is 4.18 Å². The molecule has 0 radical (unpaired) electrons. The van der Waals surface area contributed by atoms with Gasteiger partial charge in [0.1, 0.15) is 18.3 Å². The minimum atomic E-state index is -3.84. The number of carbonyl (C=O) groups is 1. The van der Waals surface area contributed by atoms with Crippen molar-refractivity contribution in [2.24, 2.45) is 0 Å². The molecule has 2 aliphatic rings. The average molecular weight is 567 g/mol. The topological polar surface area (TPSA) is 101 Å². The molecule has 0 aromatic heterocycles. The first-order valence-electron chi connectivity index (χ1n) is 14.3. The van der Waals surface area contributed by atoms with E-state index in [1.165, 1.54) is 6.08 Å². The minimum absolute atomic E-state index is 0.0276. The number of benzene rings is 1. The summed E-state index contributed by atoms with van der Waals surface area (Å²) in [6.07, 6.45) is 10.2. The number of epoxide rings is 1. The summed E-state index contributed by atoms with van der Waals surface area (Å²) in [6, 6.07) is 6.58. The summed E-state index contributed by atoms with van der Waals surface area (Å²) in [7, 11) is -3.84. The molecule has 0 bridgehead atoms. The van der Waals surface area contributed by atoms with E-state index in [0.29, 0.717) is 6.42 Å². The number of hydrogen-bond acceptors (Lipinski definition) is 8. The molecule has 2 aliphatic heterocycles. The van der Waals surface area contributed by atoms with Gasteiger partial charge in [-0.05, 0) is 65.0 Å². The fourth-order valence-corrected chi connectivity index (χ4v) is 6.01. The molecule has 9 heteroatoms. The number of esters is 1. The van der Waals surface area contributed by atoms with Gasteiger partial charge in [-0.1, -0.05) is 56.9 Å². The first-order valence-corrected chi connectivity index (χ1v) is 15.7. The standard InChI is InChI=1S/C30H46O8S/c1-6-8-10-13-23(35-28(31)7-2)14-11-9-12-15-24-20-26(38-30(4,5)37-24)29-27(36-29)21-34-39(32,33)25-18-16-22(3)17-19-25/h7,16-19,23-24,26-27,29H,2,6,8-15,20-21H2,1,3-5H3/t23-,24-,26+,27-,29+/m1/s1. The maximum absolute atomic E-state index is 12.5. The van der Waals surface area contributed by atoms with Gasteiger partial charge in [0.05, 0.1) is 23.7 Å². The first kappa shape index (κ1) is 31.7. The molecule has 1 aromatic rings. The lowest BCUT2D eigenvalue weighted by Crippen LogP contribution is -2.47. The van der Waals surface area contributed by atoms with Crippen molar-refractivity contribution in [2.75, 3.05) is 6.61 Å². The minimum Gasteiger partial charge on any atom is -0.459 e. The van der Waals surface area contributed by atoms with E-state index in [2.05, 4.69) is 13.5 Å². The first-order chi connectivity index (χ1) is 18.5. The van der Waals surface area contributed by atoms with Gasteiger partial charge < -0.3 is 18.9 Å². The molecular formula is C30H46O8S. The Hall–Kier alpha value is -1.78. The highest BCUT2D eigenvalue weighted by Gasteiger charge is 2.51. The zero-order valence-corrected chi connectivity index (χ0v) is 24.7. The van der Waals surface area contributed by atoms with Gasteiger partial charge in [0, 0.05) is 12.5 Å². The zero-order chi connectivity index (χ0) is 28.5. The molecule has 0 spiro atoms. The van der Waals surface area contributed by atoms with Gasteiger partial charge in [0.15, 0.2) is 5.79 Å². The van der Waals surface area contributed by atoms with Crippen LogP contribution in [-0.4, -0.2) is 57.3 Å². The van der Waals surface area contributed by atoms with Gasteiger partial charge >= 0.3 is 5.97 Å². The predicted octanol–water partition coefficient (Wildman–Crippen LogP) is 6.01. The number of carbonyl (C=O) groups excluding carboxylic acids is 1. The van der Waals surface area contributed by atoms with E-state index in [9.17, 15) is 13.2 Å². The monoisotopic (exact) mass is 566 g/mol. The summed E-state index contributed by atoms with van der Waals surface area (Å²) >= 11 is 0. The molecule has 2 heterocycles. The van der Waals surface area contributed by atoms with Crippen LogP contribution in [0.15, 0.2) is 41.8 Å². The highest BCUT2D eigenvalue weighted by molar-refractivity contribution is 7.86. The van der Waals surface area contributed by atoms with Gasteiger partial charge in [-0.25, -0.2) is 4.79 Å². The second-order valence-electron chi connectivity index (χ2n) is 11.1. The van der Waals surface area contributed by atoms with Gasteiger partial charge in [-0.2, -0.15) is 8.42 Å². The third kappa shape index (κ3) is 10.6. The molecule has 8 nitrogen and oxygen atoms in total. The number of unbranched alkanes of at least 4 members (excludes halogenated alkanes) is 4. The van der Waals surface area contributed by atoms with Crippen molar-refractivity contribution in [3.63, 3.8) is 0 Å². The SMILES string of the molecule is C=CC(=O)O[C@H](CCCCC)CCCCC[C@@H]1C[C@@H]([C@@H]2O[C@@H]2COS(=O)(=O)c2ccc(C)cc2)OC(C)(C)O1. The Morgan fingerprint density at radius 1 is 1.10 bits per heavy atom. The van der Waals surface area contributed by atoms with E-state index >= 15 is 0 Å². The Balaban J connectivity index is 1.40. The fraction of sp³-hybridized carbons (Fsp3) is 0.700. The van der Waals surface area contributed by atoms with Gasteiger partial charge in [0.25, 0.3) is 10.1 Å². The van der Waals surface area contributed by atoms with E-state index in [-0.39, 0.29) is 48.0 Å². The molecule has 0 unspecified atom stereocenters. The summed E-state index contributed by atoms with van der Waals surface area (Å²) in [5.41, 5.74) is 0.981. The lowest BCUT2D eigenvalue weighted by atomic mass is 9.98. The number of hydrogen-bond donors (Lipinski definition) is 0. The summed E-state index contributed by atoms with van der Waals surface area (Å²) in [4.78, 5) is 11.8. The van der Waals surface area contributed by atoms with Crippen LogP contribution < -0.4 is 0 Å². The number of rotatable bonds is 17. The molecule has 39 heavy (non-hydrogen) atoms. The van der Waals surface area contributed by atoms with Crippen molar-refractivity contribution in [2.45, 2.75) is 133 Å². The quantitative estimate of drug-likeness (QED) is 0.0743.